The number of benzene rings is 1. The monoisotopic (exact) mass is 349 g/mol. The number of carboxylic acid groups (broad SMARTS) is 1. The minimum Gasteiger partial charge on any atom is -0.481 e. The number of nitrogens with two attached hydrogens (primary N) is 2. The van der Waals surface area contributed by atoms with E-state index in [4.69, 9.17) is 28.2 Å². The number of aliphatic carboxylic acids is 1. The lowest BCUT2D eigenvalue weighted by molar-refractivity contribution is -0.137. The quantitative estimate of drug-likeness (QED) is 0.640. The summed E-state index contributed by atoms with van der Waals surface area (Å²) < 4.78 is 0. The molecule has 9 heteroatoms. The SMILES string of the molecule is Cc1ccccc1C(CC(=O)O)NC(=O)c1nc(Cl)c(N)nc1N. The third-order valence-corrected chi connectivity index (χ3v) is 3.65. The van der Waals surface area contributed by atoms with Gasteiger partial charge in [0.15, 0.2) is 22.5 Å². The maximum atomic E-state index is 12.4. The second kappa shape index (κ2) is 7.14. The molecule has 2 rings (SSSR count). The van der Waals surface area contributed by atoms with E-state index >= 15 is 0 Å². The van der Waals surface area contributed by atoms with Crippen LogP contribution in [0.1, 0.15) is 34.1 Å². The fourth-order valence-electron chi connectivity index (χ4n) is 2.23. The smallest absolute Gasteiger partial charge is 0.305 e. The molecule has 0 radical (unpaired) electrons. The first-order valence-corrected chi connectivity index (χ1v) is 7.34. The number of nitrogen functional groups attached to an aromatic ring is 2. The summed E-state index contributed by atoms with van der Waals surface area (Å²) in [6.45, 7) is 1.82. The molecule has 0 fully saturated rings. The highest BCUT2D eigenvalue weighted by Gasteiger charge is 2.23. The highest BCUT2D eigenvalue weighted by Crippen LogP contribution is 2.23. The molecule has 0 saturated heterocycles. The summed E-state index contributed by atoms with van der Waals surface area (Å²) in [4.78, 5) is 31.1. The van der Waals surface area contributed by atoms with E-state index in [1.807, 2.05) is 19.1 Å². The largest absolute Gasteiger partial charge is 0.481 e. The van der Waals surface area contributed by atoms with Crippen molar-refractivity contribution in [1.29, 1.82) is 0 Å². The molecule has 0 bridgehead atoms. The zero-order chi connectivity index (χ0) is 17.9. The van der Waals surface area contributed by atoms with Crippen LogP contribution < -0.4 is 16.8 Å². The number of hydrogen-bond donors (Lipinski definition) is 4. The van der Waals surface area contributed by atoms with Crippen LogP contribution in [0.15, 0.2) is 24.3 Å². The number of nitrogens with one attached hydrogen (secondary N) is 1. The van der Waals surface area contributed by atoms with E-state index in [0.29, 0.717) is 5.56 Å². The summed E-state index contributed by atoms with van der Waals surface area (Å²) in [5.41, 5.74) is 12.4. The first-order chi connectivity index (χ1) is 11.3. The molecule has 6 N–H and O–H groups in total. The summed E-state index contributed by atoms with van der Waals surface area (Å²) >= 11 is 5.76. The maximum absolute atomic E-state index is 12.4. The number of carboxylic acids is 1. The second-order valence-corrected chi connectivity index (χ2v) is 5.47. The van der Waals surface area contributed by atoms with Gasteiger partial charge in [0.25, 0.3) is 5.91 Å². The molecule has 24 heavy (non-hydrogen) atoms. The molecule has 1 heterocycles. The molecule has 0 saturated carbocycles. The van der Waals surface area contributed by atoms with Gasteiger partial charge in [-0.25, -0.2) is 9.97 Å². The van der Waals surface area contributed by atoms with Crippen LogP contribution in [0, 0.1) is 6.92 Å². The van der Waals surface area contributed by atoms with Gasteiger partial charge in [0.2, 0.25) is 0 Å². The fourth-order valence-corrected chi connectivity index (χ4v) is 2.35. The standard InChI is InChI=1S/C15H16ClN5O3/c1-7-4-2-3-5-8(7)9(6-10(22)23)19-15(24)11-13(17)21-14(18)12(16)20-11/h2-5,9H,6H2,1H3,(H,19,24)(H,22,23)(H4,17,18,21). The van der Waals surface area contributed by atoms with Gasteiger partial charge in [0, 0.05) is 0 Å². The van der Waals surface area contributed by atoms with Gasteiger partial charge in [0.1, 0.15) is 0 Å². The minimum atomic E-state index is -1.06. The number of carbonyl (C=O) groups is 2. The predicted octanol–water partition coefficient (Wildman–Crippen LogP) is 1.55. The Morgan fingerprint density at radius 1 is 1.25 bits per heavy atom. The number of nitrogens with zero attached hydrogens (tertiary/aromatic N) is 2. The molecule has 1 aromatic heterocycles. The van der Waals surface area contributed by atoms with Gasteiger partial charge in [-0.05, 0) is 18.1 Å². The highest BCUT2D eigenvalue weighted by molar-refractivity contribution is 6.31. The van der Waals surface area contributed by atoms with Crippen LogP contribution in [0.3, 0.4) is 0 Å². The number of hydrogen-bond acceptors (Lipinski definition) is 6. The number of halogens is 1. The molecule has 1 unspecified atom stereocenters. The first-order valence-electron chi connectivity index (χ1n) is 6.96. The average molecular weight is 350 g/mol. The Morgan fingerprint density at radius 2 is 1.92 bits per heavy atom. The Bertz CT molecular complexity index is 797. The number of carbonyl (C=O) groups excluding carboxylic acids is 1. The first kappa shape index (κ1) is 17.5. The lowest BCUT2D eigenvalue weighted by Crippen LogP contribution is -2.32. The van der Waals surface area contributed by atoms with E-state index < -0.39 is 17.9 Å². The lowest BCUT2D eigenvalue weighted by Gasteiger charge is -2.19. The van der Waals surface area contributed by atoms with Crippen LogP contribution >= 0.6 is 11.6 Å². The van der Waals surface area contributed by atoms with Gasteiger partial charge in [0.05, 0.1) is 12.5 Å². The molecular weight excluding hydrogens is 334 g/mol. The Morgan fingerprint density at radius 3 is 2.54 bits per heavy atom. The molecule has 126 valence electrons. The van der Waals surface area contributed by atoms with Crippen LogP contribution in [0.4, 0.5) is 11.6 Å². The number of rotatable bonds is 5. The summed E-state index contributed by atoms with van der Waals surface area (Å²) in [5.74, 6) is -2.02. The van der Waals surface area contributed by atoms with Crippen LogP contribution in [0.2, 0.25) is 5.15 Å². The van der Waals surface area contributed by atoms with Crippen molar-refractivity contribution in [2.75, 3.05) is 11.5 Å². The van der Waals surface area contributed by atoms with Crippen LogP contribution in [-0.2, 0) is 4.79 Å². The molecule has 0 aliphatic heterocycles. The summed E-state index contributed by atoms with van der Waals surface area (Å²) in [6.07, 6.45) is -0.299. The van der Waals surface area contributed by atoms with Crippen molar-refractivity contribution in [2.45, 2.75) is 19.4 Å². The Balaban J connectivity index is 2.33. The Labute approximate surface area is 142 Å². The van der Waals surface area contributed by atoms with Gasteiger partial charge in [-0.15, -0.1) is 0 Å². The van der Waals surface area contributed by atoms with Crippen LogP contribution in [0.25, 0.3) is 0 Å². The fraction of sp³-hybridized carbons (Fsp3) is 0.200. The zero-order valence-corrected chi connectivity index (χ0v) is 13.5. The Kier molecular flexibility index (Phi) is 5.20. The van der Waals surface area contributed by atoms with Gasteiger partial charge >= 0.3 is 5.97 Å². The van der Waals surface area contributed by atoms with Gasteiger partial charge in [-0.3, -0.25) is 9.59 Å². The van der Waals surface area contributed by atoms with E-state index in [-0.39, 0.29) is 28.9 Å². The number of aromatic nitrogens is 2. The van der Waals surface area contributed by atoms with Crippen molar-refractivity contribution in [3.63, 3.8) is 0 Å². The molecule has 2 aromatic rings. The predicted molar refractivity (Wildman–Crippen MR) is 89.5 cm³/mol. The molecular formula is C15H16ClN5O3. The van der Waals surface area contributed by atoms with Crippen molar-refractivity contribution in [3.05, 3.63) is 46.2 Å². The third-order valence-electron chi connectivity index (χ3n) is 3.37. The lowest BCUT2D eigenvalue weighted by atomic mass is 9.98. The van der Waals surface area contributed by atoms with Crippen molar-refractivity contribution in [2.24, 2.45) is 0 Å². The third kappa shape index (κ3) is 3.90. The van der Waals surface area contributed by atoms with Crippen molar-refractivity contribution < 1.29 is 14.7 Å². The molecule has 0 aliphatic carbocycles. The summed E-state index contributed by atoms with van der Waals surface area (Å²) in [6, 6.07) is 6.40. The topological polar surface area (TPSA) is 144 Å². The van der Waals surface area contributed by atoms with E-state index in [1.54, 1.807) is 12.1 Å². The molecule has 0 aliphatic rings. The van der Waals surface area contributed by atoms with E-state index in [2.05, 4.69) is 15.3 Å². The number of aryl methyl sites for hydroxylation is 1. The molecule has 0 spiro atoms. The van der Waals surface area contributed by atoms with E-state index in [0.717, 1.165) is 5.56 Å². The van der Waals surface area contributed by atoms with E-state index in [1.165, 1.54) is 0 Å². The maximum Gasteiger partial charge on any atom is 0.305 e. The zero-order valence-electron chi connectivity index (χ0n) is 12.8. The van der Waals surface area contributed by atoms with Gasteiger partial charge < -0.3 is 21.9 Å². The van der Waals surface area contributed by atoms with Crippen molar-refractivity contribution >= 4 is 35.1 Å². The van der Waals surface area contributed by atoms with E-state index in [9.17, 15) is 9.59 Å². The second-order valence-electron chi connectivity index (χ2n) is 5.11. The van der Waals surface area contributed by atoms with Crippen molar-refractivity contribution in [1.82, 2.24) is 15.3 Å². The number of anilines is 2. The van der Waals surface area contributed by atoms with Gasteiger partial charge in [-0.2, -0.15) is 0 Å². The van der Waals surface area contributed by atoms with Crippen LogP contribution in [0.5, 0.6) is 0 Å². The molecule has 1 aromatic carbocycles. The van der Waals surface area contributed by atoms with Gasteiger partial charge in [-0.1, -0.05) is 35.9 Å². The van der Waals surface area contributed by atoms with Crippen molar-refractivity contribution in [3.8, 4) is 0 Å². The summed E-state index contributed by atoms with van der Waals surface area (Å²) in [7, 11) is 0. The van der Waals surface area contributed by atoms with Crippen LogP contribution in [-0.4, -0.2) is 27.0 Å². The molecule has 8 nitrogen and oxygen atoms in total. The molecule has 1 atom stereocenters. The molecule has 1 amide bonds. The minimum absolute atomic E-state index is 0.0910. The Hall–Kier alpha value is -2.87. The number of amides is 1. The normalized spacial score (nSPS) is 11.8. The average Bonchev–Trinajstić information content (AvgIpc) is 2.50. The summed E-state index contributed by atoms with van der Waals surface area (Å²) in [5, 5.41) is 11.6. The highest BCUT2D eigenvalue weighted by atomic mass is 35.5.